The number of amides is 1. The Kier molecular flexibility index (Phi) is 3.68. The zero-order valence-corrected chi connectivity index (χ0v) is 11.9. The molecule has 1 aliphatic rings. The van der Waals surface area contributed by atoms with Crippen LogP contribution < -0.4 is 11.1 Å². The monoisotopic (exact) mass is 291 g/mol. The Morgan fingerprint density at radius 3 is 2.95 bits per heavy atom. The first kappa shape index (κ1) is 13.5. The Balaban J connectivity index is 1.64. The van der Waals surface area contributed by atoms with E-state index in [-0.39, 0.29) is 11.9 Å². The molecule has 4 nitrogen and oxygen atoms in total. The molecule has 0 radical (unpaired) electrons. The van der Waals surface area contributed by atoms with Gasteiger partial charge in [0.2, 0.25) is 0 Å². The topological polar surface area (TPSA) is 70.9 Å². The molecule has 106 valence electrons. The molecule has 20 heavy (non-hydrogen) atoms. The lowest BCUT2D eigenvalue weighted by atomic mass is 9.78. The van der Waals surface area contributed by atoms with Gasteiger partial charge in [0.25, 0.3) is 5.91 Å². The summed E-state index contributed by atoms with van der Waals surface area (Å²) in [6.07, 6.45) is 3.13. The van der Waals surface area contributed by atoms with Gasteiger partial charge in [-0.2, -0.15) is 0 Å². The summed E-state index contributed by atoms with van der Waals surface area (Å²) in [4.78, 5) is 15.3. The number of carbonyl (C=O) groups is 1. The average Bonchev–Trinajstić information content (AvgIpc) is 2.79. The molecule has 0 saturated heterocycles. The fraction of sp³-hybridized carbons (Fsp3) is 0.400. The first-order valence-corrected chi connectivity index (χ1v) is 7.32. The van der Waals surface area contributed by atoms with Crippen molar-refractivity contribution in [2.75, 3.05) is 6.54 Å². The van der Waals surface area contributed by atoms with Crippen LogP contribution in [-0.2, 0) is 0 Å². The summed E-state index contributed by atoms with van der Waals surface area (Å²) in [6, 6.07) is 7.67. The third-order valence-corrected chi connectivity index (χ3v) is 4.21. The molecule has 0 spiro atoms. The van der Waals surface area contributed by atoms with E-state index in [1.807, 2.05) is 24.3 Å². The quantitative estimate of drug-likeness (QED) is 0.810. The molecule has 5 heteroatoms. The van der Waals surface area contributed by atoms with Gasteiger partial charge >= 0.3 is 0 Å². The molecule has 1 amide bonds. The average molecular weight is 292 g/mol. The molecule has 3 rings (SSSR count). The molecule has 2 aromatic rings. The van der Waals surface area contributed by atoms with Crippen molar-refractivity contribution in [3.63, 3.8) is 0 Å². The number of nitrogens with two attached hydrogens (primary N) is 1. The van der Waals surface area contributed by atoms with E-state index in [4.69, 9.17) is 17.3 Å². The van der Waals surface area contributed by atoms with E-state index in [9.17, 15) is 4.79 Å². The highest BCUT2D eigenvalue weighted by molar-refractivity contribution is 6.31. The number of halogens is 1. The largest absolute Gasteiger partial charge is 0.351 e. The molecule has 1 aromatic heterocycles. The van der Waals surface area contributed by atoms with Gasteiger partial charge in [-0.3, -0.25) is 4.79 Å². The predicted molar refractivity (Wildman–Crippen MR) is 81.0 cm³/mol. The van der Waals surface area contributed by atoms with E-state index < -0.39 is 0 Å². The zero-order valence-electron chi connectivity index (χ0n) is 11.2. The van der Waals surface area contributed by atoms with Gasteiger partial charge in [-0.1, -0.05) is 11.6 Å². The van der Waals surface area contributed by atoms with Crippen molar-refractivity contribution in [2.45, 2.75) is 25.3 Å². The summed E-state index contributed by atoms with van der Waals surface area (Å²) in [6.45, 7) is 0.730. The molecule has 1 fully saturated rings. The maximum absolute atomic E-state index is 12.2. The van der Waals surface area contributed by atoms with Crippen LogP contribution in [0.3, 0.4) is 0 Å². The normalized spacial score (nSPS) is 21.7. The van der Waals surface area contributed by atoms with Gasteiger partial charge in [-0.05, 0) is 56.0 Å². The number of aromatic amines is 1. The molecular formula is C15H18ClN3O. The van der Waals surface area contributed by atoms with E-state index in [1.54, 1.807) is 0 Å². The van der Waals surface area contributed by atoms with Crippen LogP contribution in [0.25, 0.3) is 10.9 Å². The molecule has 0 aliphatic heterocycles. The first-order chi connectivity index (χ1) is 9.65. The molecular weight excluding hydrogens is 274 g/mol. The van der Waals surface area contributed by atoms with Crippen LogP contribution in [0, 0.1) is 5.92 Å². The van der Waals surface area contributed by atoms with Crippen LogP contribution in [0.5, 0.6) is 0 Å². The zero-order chi connectivity index (χ0) is 14.1. The Bertz CT molecular complexity index is 631. The second kappa shape index (κ2) is 5.46. The van der Waals surface area contributed by atoms with Gasteiger partial charge in [-0.25, -0.2) is 0 Å². The molecule has 1 saturated carbocycles. The first-order valence-electron chi connectivity index (χ1n) is 6.95. The van der Waals surface area contributed by atoms with Gasteiger partial charge in [0, 0.05) is 22.0 Å². The van der Waals surface area contributed by atoms with Crippen molar-refractivity contribution in [1.82, 2.24) is 10.3 Å². The second-order valence-corrected chi connectivity index (χ2v) is 5.94. The Labute approximate surface area is 122 Å². The highest BCUT2D eigenvalue weighted by atomic mass is 35.5. The van der Waals surface area contributed by atoms with Gasteiger partial charge in [0.05, 0.1) is 0 Å². The SMILES string of the molecule is NCCC1CC(NC(=O)c2cc3cc(Cl)ccc3[nH]2)C1. The van der Waals surface area contributed by atoms with Crippen molar-refractivity contribution in [3.8, 4) is 0 Å². The van der Waals surface area contributed by atoms with E-state index in [0.29, 0.717) is 16.6 Å². The smallest absolute Gasteiger partial charge is 0.267 e. The Morgan fingerprint density at radius 1 is 1.40 bits per heavy atom. The summed E-state index contributed by atoms with van der Waals surface area (Å²) < 4.78 is 0. The lowest BCUT2D eigenvalue weighted by Gasteiger charge is -2.35. The van der Waals surface area contributed by atoms with Crippen LogP contribution >= 0.6 is 11.6 Å². The van der Waals surface area contributed by atoms with E-state index in [0.717, 1.165) is 36.7 Å². The molecule has 0 atom stereocenters. The number of benzene rings is 1. The van der Waals surface area contributed by atoms with Gasteiger partial charge in [0.15, 0.2) is 0 Å². The lowest BCUT2D eigenvalue weighted by Crippen LogP contribution is -2.44. The van der Waals surface area contributed by atoms with Crippen molar-refractivity contribution in [2.24, 2.45) is 11.7 Å². The number of nitrogens with one attached hydrogen (secondary N) is 2. The minimum absolute atomic E-state index is 0.0477. The summed E-state index contributed by atoms with van der Waals surface area (Å²) in [7, 11) is 0. The Morgan fingerprint density at radius 2 is 2.20 bits per heavy atom. The van der Waals surface area contributed by atoms with Crippen molar-refractivity contribution < 1.29 is 4.79 Å². The lowest BCUT2D eigenvalue weighted by molar-refractivity contribution is 0.0882. The fourth-order valence-corrected chi connectivity index (χ4v) is 2.99. The summed E-state index contributed by atoms with van der Waals surface area (Å²) >= 11 is 5.94. The van der Waals surface area contributed by atoms with Crippen molar-refractivity contribution in [1.29, 1.82) is 0 Å². The number of carbonyl (C=O) groups excluding carboxylic acids is 1. The number of aromatic nitrogens is 1. The second-order valence-electron chi connectivity index (χ2n) is 5.50. The van der Waals surface area contributed by atoms with E-state index in [1.165, 1.54) is 0 Å². The van der Waals surface area contributed by atoms with Crippen LogP contribution in [-0.4, -0.2) is 23.5 Å². The third kappa shape index (κ3) is 2.67. The molecule has 0 unspecified atom stereocenters. The molecule has 4 N–H and O–H groups in total. The van der Waals surface area contributed by atoms with Crippen molar-refractivity contribution >= 4 is 28.4 Å². The van der Waals surface area contributed by atoms with E-state index >= 15 is 0 Å². The Hall–Kier alpha value is -1.52. The number of fused-ring (bicyclic) bond motifs is 1. The van der Waals surface area contributed by atoms with E-state index in [2.05, 4.69) is 10.3 Å². The number of H-pyrrole nitrogens is 1. The summed E-state index contributed by atoms with van der Waals surface area (Å²) in [5.41, 5.74) is 7.04. The number of hydrogen-bond acceptors (Lipinski definition) is 2. The molecule has 1 aliphatic carbocycles. The standard InChI is InChI=1S/C15H18ClN3O/c16-11-1-2-13-10(7-11)8-14(19-13)15(20)18-12-5-9(6-12)3-4-17/h1-2,7-9,12,19H,3-6,17H2,(H,18,20). The summed E-state index contributed by atoms with van der Waals surface area (Å²) in [5, 5.41) is 4.68. The summed E-state index contributed by atoms with van der Waals surface area (Å²) in [5.74, 6) is 0.625. The maximum Gasteiger partial charge on any atom is 0.267 e. The van der Waals surface area contributed by atoms with Gasteiger partial charge in [-0.15, -0.1) is 0 Å². The van der Waals surface area contributed by atoms with Crippen LogP contribution in [0.15, 0.2) is 24.3 Å². The minimum atomic E-state index is -0.0477. The van der Waals surface area contributed by atoms with Gasteiger partial charge in [0.1, 0.15) is 5.69 Å². The van der Waals surface area contributed by atoms with Crippen LogP contribution in [0.2, 0.25) is 5.02 Å². The number of rotatable bonds is 4. The van der Waals surface area contributed by atoms with Gasteiger partial charge < -0.3 is 16.0 Å². The number of hydrogen-bond donors (Lipinski definition) is 3. The predicted octanol–water partition coefficient (Wildman–Crippen LogP) is 2.68. The third-order valence-electron chi connectivity index (χ3n) is 3.97. The highest BCUT2D eigenvalue weighted by Gasteiger charge is 2.29. The van der Waals surface area contributed by atoms with Crippen molar-refractivity contribution in [3.05, 3.63) is 35.0 Å². The minimum Gasteiger partial charge on any atom is -0.351 e. The van der Waals surface area contributed by atoms with Crippen LogP contribution in [0.4, 0.5) is 0 Å². The van der Waals surface area contributed by atoms with Crippen LogP contribution in [0.1, 0.15) is 29.8 Å². The molecule has 1 heterocycles. The molecule has 0 bridgehead atoms. The maximum atomic E-state index is 12.2. The fourth-order valence-electron chi connectivity index (χ4n) is 2.81. The highest BCUT2D eigenvalue weighted by Crippen LogP contribution is 2.30. The molecule has 1 aromatic carbocycles.